The summed E-state index contributed by atoms with van der Waals surface area (Å²) in [5.74, 6) is -0.540. The number of fused-ring (bicyclic) bond motifs is 1. The molecule has 1 atom stereocenters. The van der Waals surface area contributed by atoms with Crippen molar-refractivity contribution in [1.82, 2.24) is 14.5 Å². The first-order valence-electron chi connectivity index (χ1n) is 11.3. The Morgan fingerprint density at radius 2 is 1.82 bits per heavy atom. The van der Waals surface area contributed by atoms with Crippen molar-refractivity contribution in [3.05, 3.63) is 94.3 Å². The lowest BCUT2D eigenvalue weighted by molar-refractivity contribution is -0.139. The number of hydrogen-bond acceptors (Lipinski definition) is 6. The molecular weight excluding hydrogens is 539 g/mol. The van der Waals surface area contributed by atoms with Gasteiger partial charge in [-0.15, -0.1) is 11.3 Å². The maximum atomic E-state index is 13.6. The molecule has 0 bridgehead atoms. The first kappa shape index (κ1) is 25.7. The second-order valence-corrected chi connectivity index (χ2v) is 9.72. The number of halogens is 4. The van der Waals surface area contributed by atoms with Crippen LogP contribution in [0.4, 0.5) is 13.2 Å². The van der Waals surface area contributed by atoms with E-state index in [-0.39, 0.29) is 16.2 Å². The fraction of sp³-hybridized carbons (Fsp3) is 0.148. The van der Waals surface area contributed by atoms with Gasteiger partial charge in [0.15, 0.2) is 4.88 Å². The van der Waals surface area contributed by atoms with Gasteiger partial charge in [0, 0.05) is 23.4 Å². The van der Waals surface area contributed by atoms with Crippen LogP contribution < -0.4 is 4.74 Å². The number of aromatic nitrogens is 3. The van der Waals surface area contributed by atoms with Gasteiger partial charge in [0.25, 0.3) is 0 Å². The van der Waals surface area contributed by atoms with E-state index in [0.717, 1.165) is 34.0 Å². The maximum absolute atomic E-state index is 13.6. The Hall–Kier alpha value is -3.89. The third kappa shape index (κ3) is 4.97. The van der Waals surface area contributed by atoms with E-state index in [9.17, 15) is 18.0 Å². The highest BCUT2D eigenvalue weighted by Gasteiger charge is 2.35. The highest BCUT2D eigenvalue weighted by molar-refractivity contribution is 7.16. The van der Waals surface area contributed by atoms with E-state index in [2.05, 4.69) is 9.97 Å². The fourth-order valence-corrected chi connectivity index (χ4v) is 5.19. The van der Waals surface area contributed by atoms with Gasteiger partial charge in [-0.25, -0.2) is 14.8 Å². The molecule has 0 aliphatic carbocycles. The Bertz CT molecular complexity index is 1630. The van der Waals surface area contributed by atoms with E-state index in [1.165, 1.54) is 32.2 Å². The average Bonchev–Trinajstić information content (AvgIpc) is 3.52. The van der Waals surface area contributed by atoms with Crippen molar-refractivity contribution in [3.8, 4) is 21.9 Å². The second kappa shape index (κ2) is 10.1. The van der Waals surface area contributed by atoms with Gasteiger partial charge in [0.1, 0.15) is 28.3 Å². The largest absolute Gasteiger partial charge is 0.484 e. The third-order valence-corrected chi connectivity index (χ3v) is 7.23. The zero-order chi connectivity index (χ0) is 27.0. The van der Waals surface area contributed by atoms with Crippen LogP contribution in [0, 0.1) is 0 Å². The minimum Gasteiger partial charge on any atom is -0.484 e. The van der Waals surface area contributed by atoms with Crippen molar-refractivity contribution < 1.29 is 27.4 Å². The van der Waals surface area contributed by atoms with Gasteiger partial charge < -0.3 is 9.47 Å². The Kier molecular flexibility index (Phi) is 6.85. The molecule has 0 aliphatic rings. The van der Waals surface area contributed by atoms with Crippen LogP contribution in [0.3, 0.4) is 0 Å². The molecule has 0 amide bonds. The molecule has 0 saturated carbocycles. The van der Waals surface area contributed by atoms with Gasteiger partial charge in [-0.2, -0.15) is 13.2 Å². The van der Waals surface area contributed by atoms with E-state index in [1.807, 2.05) is 24.3 Å². The van der Waals surface area contributed by atoms with Crippen LogP contribution >= 0.6 is 22.9 Å². The number of imidazole rings is 1. The fourth-order valence-electron chi connectivity index (χ4n) is 4.08. The summed E-state index contributed by atoms with van der Waals surface area (Å²) in [6.45, 7) is 1.50. The van der Waals surface area contributed by atoms with Crippen molar-refractivity contribution in [2.24, 2.45) is 0 Å². The monoisotopic (exact) mass is 557 g/mol. The lowest BCUT2D eigenvalue weighted by Gasteiger charge is -2.19. The highest BCUT2D eigenvalue weighted by atomic mass is 35.5. The molecule has 38 heavy (non-hydrogen) atoms. The number of thiophene rings is 1. The first-order valence-corrected chi connectivity index (χ1v) is 12.5. The standard InChI is InChI=1S/C27H19ClF3N3O3S/c1-15(18-5-3-4-6-19(18)27(29,30)31)37-22-12-24(38-25(22)26(35)36-2)34-14-33-20-11-16(7-9-21(20)34)17-8-10-23(28)32-13-17/h3-15H,1-2H3. The number of rotatable bonds is 6. The number of benzene rings is 2. The van der Waals surface area contributed by atoms with E-state index >= 15 is 0 Å². The molecule has 3 aromatic heterocycles. The van der Waals surface area contributed by atoms with Crippen LogP contribution in [0.5, 0.6) is 5.75 Å². The highest BCUT2D eigenvalue weighted by Crippen LogP contribution is 2.40. The zero-order valence-electron chi connectivity index (χ0n) is 20.0. The van der Waals surface area contributed by atoms with Gasteiger partial charge in [-0.1, -0.05) is 35.9 Å². The number of carbonyl (C=O) groups excluding carboxylic acids is 1. The maximum Gasteiger partial charge on any atom is 0.416 e. The molecule has 11 heteroatoms. The molecule has 0 radical (unpaired) electrons. The minimum absolute atomic E-state index is 0.0409. The van der Waals surface area contributed by atoms with Crippen LogP contribution in [-0.4, -0.2) is 27.6 Å². The molecule has 0 N–H and O–H groups in total. The van der Waals surface area contributed by atoms with Crippen molar-refractivity contribution in [3.63, 3.8) is 0 Å². The molecule has 1 unspecified atom stereocenters. The van der Waals surface area contributed by atoms with Crippen molar-refractivity contribution >= 4 is 39.9 Å². The van der Waals surface area contributed by atoms with E-state index in [0.29, 0.717) is 15.7 Å². The SMILES string of the molecule is COC(=O)c1sc(-n2cnc3cc(-c4ccc(Cl)nc4)ccc32)cc1OC(C)c1ccccc1C(F)(F)F. The summed E-state index contributed by atoms with van der Waals surface area (Å²) in [5, 5.41) is 0.979. The number of alkyl halides is 3. The molecule has 5 aromatic rings. The number of hydrogen-bond donors (Lipinski definition) is 0. The summed E-state index contributed by atoms with van der Waals surface area (Å²) >= 11 is 6.98. The number of ether oxygens (including phenoxy) is 2. The lowest BCUT2D eigenvalue weighted by atomic mass is 10.0. The van der Waals surface area contributed by atoms with E-state index in [4.69, 9.17) is 21.1 Å². The van der Waals surface area contributed by atoms with Crippen molar-refractivity contribution in [1.29, 1.82) is 0 Å². The normalized spacial score (nSPS) is 12.5. The molecule has 0 spiro atoms. The quantitative estimate of drug-likeness (QED) is 0.158. The number of carbonyl (C=O) groups is 1. The molecule has 0 aliphatic heterocycles. The van der Waals surface area contributed by atoms with E-state index in [1.54, 1.807) is 29.2 Å². The molecule has 2 aromatic carbocycles. The van der Waals surface area contributed by atoms with Gasteiger partial charge in [-0.3, -0.25) is 4.57 Å². The van der Waals surface area contributed by atoms with Crippen LogP contribution in [0.15, 0.2) is 73.2 Å². The topological polar surface area (TPSA) is 66.2 Å². The van der Waals surface area contributed by atoms with Gasteiger partial charge >= 0.3 is 12.1 Å². The predicted molar refractivity (Wildman–Crippen MR) is 139 cm³/mol. The number of esters is 1. The van der Waals surface area contributed by atoms with Crippen molar-refractivity contribution in [2.75, 3.05) is 7.11 Å². The summed E-state index contributed by atoms with van der Waals surface area (Å²) in [6, 6.07) is 16.0. The number of pyridine rings is 1. The summed E-state index contributed by atoms with van der Waals surface area (Å²) in [4.78, 5) is 21.3. The van der Waals surface area contributed by atoms with Gasteiger partial charge in [0.2, 0.25) is 0 Å². The van der Waals surface area contributed by atoms with E-state index < -0.39 is 23.8 Å². The minimum atomic E-state index is -4.55. The zero-order valence-corrected chi connectivity index (χ0v) is 21.6. The molecule has 0 fully saturated rings. The molecule has 3 heterocycles. The third-order valence-electron chi connectivity index (χ3n) is 5.91. The molecule has 6 nitrogen and oxygen atoms in total. The Morgan fingerprint density at radius 3 is 2.53 bits per heavy atom. The number of nitrogens with zero attached hydrogens (tertiary/aromatic N) is 3. The molecule has 194 valence electrons. The summed E-state index contributed by atoms with van der Waals surface area (Å²) in [7, 11) is 1.23. The average molecular weight is 558 g/mol. The lowest BCUT2D eigenvalue weighted by Crippen LogP contribution is -2.14. The summed E-state index contributed by atoms with van der Waals surface area (Å²) < 4.78 is 53.3. The first-order chi connectivity index (χ1) is 18.2. The molecule has 5 rings (SSSR count). The second-order valence-electron chi connectivity index (χ2n) is 8.30. The van der Waals surface area contributed by atoms with Crippen LogP contribution in [0.1, 0.15) is 33.8 Å². The Balaban J connectivity index is 1.51. The number of methoxy groups -OCH3 is 1. The summed E-state index contributed by atoms with van der Waals surface area (Å²) in [5.41, 5.74) is 2.39. The molecular formula is C27H19ClF3N3O3S. The Labute approximate surface area is 224 Å². The predicted octanol–water partition coefficient (Wildman–Crippen LogP) is 7.75. The van der Waals surface area contributed by atoms with Crippen LogP contribution in [0.25, 0.3) is 27.2 Å². The Morgan fingerprint density at radius 1 is 1.05 bits per heavy atom. The van der Waals surface area contributed by atoms with Gasteiger partial charge in [-0.05, 0) is 42.8 Å². The summed E-state index contributed by atoms with van der Waals surface area (Å²) in [6.07, 6.45) is -2.26. The van der Waals surface area contributed by atoms with Crippen molar-refractivity contribution in [2.45, 2.75) is 19.2 Å². The smallest absolute Gasteiger partial charge is 0.416 e. The van der Waals surface area contributed by atoms with Gasteiger partial charge in [0.05, 0.1) is 23.7 Å². The molecule has 0 saturated heterocycles. The van der Waals surface area contributed by atoms with Crippen LogP contribution in [0.2, 0.25) is 5.15 Å². The van der Waals surface area contributed by atoms with Crippen LogP contribution in [-0.2, 0) is 10.9 Å².